The highest BCUT2D eigenvalue weighted by Crippen LogP contribution is 2.32. The fraction of sp³-hybridized carbons (Fsp3) is 0.250. The van der Waals surface area contributed by atoms with Gasteiger partial charge in [-0.2, -0.15) is 4.98 Å². The number of methoxy groups -OCH3 is 2. The van der Waals surface area contributed by atoms with Gasteiger partial charge in [-0.3, -0.25) is 4.79 Å². The van der Waals surface area contributed by atoms with Crippen molar-refractivity contribution in [3.63, 3.8) is 0 Å². The Morgan fingerprint density at radius 3 is 2.70 bits per heavy atom. The molecule has 0 atom stereocenters. The van der Waals surface area contributed by atoms with Gasteiger partial charge in [0.1, 0.15) is 17.0 Å². The predicted octanol–water partition coefficient (Wildman–Crippen LogP) is 3.57. The van der Waals surface area contributed by atoms with Gasteiger partial charge in [0.15, 0.2) is 5.58 Å². The van der Waals surface area contributed by atoms with E-state index in [0.29, 0.717) is 46.4 Å². The molecule has 0 saturated heterocycles. The van der Waals surface area contributed by atoms with E-state index in [1.807, 2.05) is 0 Å². The molecule has 3 aromatic rings. The van der Waals surface area contributed by atoms with Gasteiger partial charge < -0.3 is 34.9 Å². The van der Waals surface area contributed by atoms with Crippen molar-refractivity contribution in [2.24, 2.45) is 0 Å². The lowest BCUT2D eigenvalue weighted by molar-refractivity contribution is -0.116. The largest absolute Gasteiger partial charge is 0.497 e. The molecule has 1 heterocycles. The number of hydrogen-bond donors (Lipinski definition) is 4. The summed E-state index contributed by atoms with van der Waals surface area (Å²) in [6, 6.07) is 10.7. The lowest BCUT2D eigenvalue weighted by atomic mass is 10.2. The summed E-state index contributed by atoms with van der Waals surface area (Å²) in [4.78, 5) is 26.8. The monoisotopic (exact) mass is 414 g/mol. The molecule has 0 unspecified atom stereocenters. The van der Waals surface area contributed by atoms with Gasteiger partial charge in [0.2, 0.25) is 5.91 Å². The molecule has 0 bridgehead atoms. The summed E-state index contributed by atoms with van der Waals surface area (Å²) < 4.78 is 16.3. The maximum absolute atomic E-state index is 12.0. The summed E-state index contributed by atoms with van der Waals surface area (Å²) >= 11 is 0. The number of carbonyl (C=O) groups is 2. The highest BCUT2D eigenvalue weighted by Gasteiger charge is 2.12. The molecule has 4 N–H and O–H groups in total. The molecule has 10 heteroatoms. The third kappa shape index (κ3) is 5.31. The van der Waals surface area contributed by atoms with Gasteiger partial charge in [0.25, 0.3) is 6.01 Å². The van der Waals surface area contributed by atoms with Crippen LogP contribution in [0.1, 0.15) is 12.8 Å². The molecule has 30 heavy (non-hydrogen) atoms. The van der Waals surface area contributed by atoms with Crippen LogP contribution in [0.2, 0.25) is 0 Å². The Bertz CT molecular complexity index is 1050. The highest BCUT2D eigenvalue weighted by molar-refractivity contribution is 5.91. The lowest BCUT2D eigenvalue weighted by Gasteiger charge is -2.11. The molecule has 0 spiro atoms. The van der Waals surface area contributed by atoms with Gasteiger partial charge in [0.05, 0.1) is 19.9 Å². The molecule has 0 radical (unpaired) electrons. The molecule has 0 aliphatic heterocycles. The number of amides is 2. The molecule has 0 saturated carbocycles. The van der Waals surface area contributed by atoms with Gasteiger partial charge in [0, 0.05) is 30.8 Å². The summed E-state index contributed by atoms with van der Waals surface area (Å²) in [6.45, 7) is 0.214. The smallest absolute Gasteiger partial charge is 0.404 e. The maximum Gasteiger partial charge on any atom is 0.404 e. The van der Waals surface area contributed by atoms with Crippen LogP contribution in [-0.4, -0.2) is 42.9 Å². The second-order valence-corrected chi connectivity index (χ2v) is 6.28. The van der Waals surface area contributed by atoms with Gasteiger partial charge >= 0.3 is 6.09 Å². The quantitative estimate of drug-likeness (QED) is 0.390. The Morgan fingerprint density at radius 1 is 1.13 bits per heavy atom. The number of aromatic nitrogens is 1. The normalized spacial score (nSPS) is 10.5. The third-order valence-electron chi connectivity index (χ3n) is 4.18. The van der Waals surface area contributed by atoms with E-state index in [0.717, 1.165) is 0 Å². The molecular formula is C20H22N4O6. The Hall–Kier alpha value is -3.95. The standard InChI is InChI=1S/C20H22N4O6/c1-28-13-6-8-16-15(11-13)24-19(30-16)23-14-7-5-12(10-17(14)29-2)22-18(25)4-3-9-21-20(26)27/h5-8,10-11,21H,3-4,9H2,1-2H3,(H,22,25)(H,23,24)(H,26,27). The van der Waals surface area contributed by atoms with Gasteiger partial charge in [-0.05, 0) is 30.7 Å². The zero-order chi connectivity index (χ0) is 21.5. The number of nitrogens with zero attached hydrogens (tertiary/aromatic N) is 1. The van der Waals surface area contributed by atoms with E-state index in [1.165, 1.54) is 7.11 Å². The van der Waals surface area contributed by atoms with Crippen LogP contribution >= 0.6 is 0 Å². The van der Waals surface area contributed by atoms with Crippen molar-refractivity contribution >= 4 is 40.5 Å². The van der Waals surface area contributed by atoms with E-state index in [1.54, 1.807) is 43.5 Å². The predicted molar refractivity (Wildman–Crippen MR) is 111 cm³/mol. The minimum absolute atomic E-state index is 0.189. The Kier molecular flexibility index (Phi) is 6.58. The van der Waals surface area contributed by atoms with E-state index in [4.69, 9.17) is 19.0 Å². The fourth-order valence-electron chi connectivity index (χ4n) is 2.74. The maximum atomic E-state index is 12.0. The van der Waals surface area contributed by atoms with Crippen LogP contribution in [0, 0.1) is 0 Å². The van der Waals surface area contributed by atoms with Crippen LogP contribution in [0.3, 0.4) is 0 Å². The number of benzene rings is 2. The van der Waals surface area contributed by atoms with Crippen molar-refractivity contribution in [1.29, 1.82) is 0 Å². The Balaban J connectivity index is 1.65. The van der Waals surface area contributed by atoms with Crippen molar-refractivity contribution in [2.45, 2.75) is 12.8 Å². The first-order chi connectivity index (χ1) is 14.5. The molecule has 3 rings (SSSR count). The minimum atomic E-state index is -1.11. The molecule has 158 valence electrons. The lowest BCUT2D eigenvalue weighted by Crippen LogP contribution is -2.23. The van der Waals surface area contributed by atoms with E-state index in [-0.39, 0.29) is 18.9 Å². The number of oxazole rings is 1. The minimum Gasteiger partial charge on any atom is -0.497 e. The van der Waals surface area contributed by atoms with Crippen LogP contribution in [0.15, 0.2) is 40.8 Å². The molecule has 2 aromatic carbocycles. The number of carbonyl (C=O) groups excluding carboxylic acids is 1. The molecule has 0 aliphatic carbocycles. The van der Waals surface area contributed by atoms with Gasteiger partial charge in [-0.25, -0.2) is 4.79 Å². The van der Waals surface area contributed by atoms with Crippen molar-refractivity contribution in [3.05, 3.63) is 36.4 Å². The van der Waals surface area contributed by atoms with Crippen LogP contribution < -0.4 is 25.4 Å². The van der Waals surface area contributed by atoms with Crippen LogP contribution in [0.4, 0.5) is 22.2 Å². The third-order valence-corrected chi connectivity index (χ3v) is 4.18. The molecule has 1 aromatic heterocycles. The highest BCUT2D eigenvalue weighted by atomic mass is 16.5. The summed E-state index contributed by atoms with van der Waals surface area (Å²) in [5.74, 6) is 0.941. The van der Waals surface area contributed by atoms with Crippen LogP contribution in [0.25, 0.3) is 11.1 Å². The molecule has 10 nitrogen and oxygen atoms in total. The molecule has 0 aliphatic rings. The number of hydrogen-bond acceptors (Lipinski definition) is 7. The van der Waals surface area contributed by atoms with E-state index < -0.39 is 6.09 Å². The van der Waals surface area contributed by atoms with Crippen molar-refractivity contribution in [3.8, 4) is 11.5 Å². The Labute approximate surface area is 172 Å². The average molecular weight is 414 g/mol. The second-order valence-electron chi connectivity index (χ2n) is 6.28. The number of carboxylic acid groups (broad SMARTS) is 1. The molecule has 0 fully saturated rings. The van der Waals surface area contributed by atoms with Crippen LogP contribution in [0.5, 0.6) is 11.5 Å². The first kappa shape index (κ1) is 20.8. The second kappa shape index (κ2) is 9.50. The van der Waals surface area contributed by atoms with Crippen molar-refractivity contribution < 1.29 is 28.6 Å². The number of nitrogens with one attached hydrogen (secondary N) is 3. The molecule has 2 amide bonds. The summed E-state index contributed by atoms with van der Waals surface area (Å²) in [5, 5.41) is 16.6. The van der Waals surface area contributed by atoms with Crippen LogP contribution in [-0.2, 0) is 4.79 Å². The SMILES string of the molecule is COc1ccc2oc(Nc3ccc(NC(=O)CCCNC(=O)O)cc3OC)nc2c1. The molecular weight excluding hydrogens is 392 g/mol. The Morgan fingerprint density at radius 2 is 1.97 bits per heavy atom. The van der Waals surface area contributed by atoms with Gasteiger partial charge in [-0.1, -0.05) is 0 Å². The van der Waals surface area contributed by atoms with Crippen molar-refractivity contribution in [2.75, 3.05) is 31.4 Å². The van der Waals surface area contributed by atoms with Crippen molar-refractivity contribution in [1.82, 2.24) is 10.3 Å². The summed E-state index contributed by atoms with van der Waals surface area (Å²) in [6.07, 6.45) is -0.520. The number of fused-ring (bicyclic) bond motifs is 1. The topological polar surface area (TPSA) is 135 Å². The summed E-state index contributed by atoms with van der Waals surface area (Å²) in [7, 11) is 3.10. The fourth-order valence-corrected chi connectivity index (χ4v) is 2.74. The number of anilines is 3. The van der Waals surface area contributed by atoms with E-state index in [9.17, 15) is 9.59 Å². The number of rotatable bonds is 9. The zero-order valence-electron chi connectivity index (χ0n) is 16.5. The number of ether oxygens (including phenoxy) is 2. The first-order valence-corrected chi connectivity index (χ1v) is 9.15. The average Bonchev–Trinajstić information content (AvgIpc) is 3.13. The summed E-state index contributed by atoms with van der Waals surface area (Å²) in [5.41, 5.74) is 2.42. The van der Waals surface area contributed by atoms with E-state index >= 15 is 0 Å². The van der Waals surface area contributed by atoms with Gasteiger partial charge in [-0.15, -0.1) is 0 Å². The first-order valence-electron chi connectivity index (χ1n) is 9.15. The zero-order valence-corrected chi connectivity index (χ0v) is 16.5. The van der Waals surface area contributed by atoms with E-state index in [2.05, 4.69) is 20.9 Å².